The molecule has 0 aliphatic rings. The van der Waals surface area contributed by atoms with Crippen molar-refractivity contribution in [2.75, 3.05) is 0 Å². The van der Waals surface area contributed by atoms with Crippen LogP contribution in [0.4, 0.5) is 0 Å². The van der Waals surface area contributed by atoms with Crippen molar-refractivity contribution in [3.63, 3.8) is 0 Å². The van der Waals surface area contributed by atoms with Crippen LogP contribution in [-0.4, -0.2) is 11.6 Å². The van der Waals surface area contributed by atoms with Crippen LogP contribution in [0, 0.1) is 0 Å². The number of hydrogen-bond acceptors (Lipinski definition) is 2. The van der Waals surface area contributed by atoms with E-state index in [1.165, 1.54) is 0 Å². The van der Waals surface area contributed by atoms with E-state index in [9.17, 15) is 4.79 Å². The van der Waals surface area contributed by atoms with Crippen molar-refractivity contribution in [3.05, 3.63) is 12.2 Å². The van der Waals surface area contributed by atoms with Crippen LogP contribution in [0.5, 0.6) is 0 Å². The molecule has 0 radical (unpaired) electrons. The van der Waals surface area contributed by atoms with Crippen LogP contribution in [0.3, 0.4) is 0 Å². The second-order valence-corrected chi connectivity index (χ2v) is 3.72. The monoisotopic (exact) mass is 156 g/mol. The zero-order valence-electron chi connectivity index (χ0n) is 7.73. The number of esters is 1. The van der Waals surface area contributed by atoms with E-state index in [0.29, 0.717) is 6.42 Å². The molecule has 2 nitrogen and oxygen atoms in total. The van der Waals surface area contributed by atoms with Gasteiger partial charge >= 0.3 is 5.97 Å². The molecule has 0 aliphatic carbocycles. The van der Waals surface area contributed by atoms with Crippen molar-refractivity contribution in [2.24, 2.45) is 0 Å². The SMILES string of the molecule is C=C(C)CC(=O)OC(C)(C)C. The topological polar surface area (TPSA) is 26.3 Å². The Morgan fingerprint density at radius 3 is 2.18 bits per heavy atom. The van der Waals surface area contributed by atoms with Crippen LogP contribution in [0.25, 0.3) is 0 Å². The molecule has 0 amide bonds. The number of carbonyl (C=O) groups excluding carboxylic acids is 1. The quantitative estimate of drug-likeness (QED) is 0.453. The van der Waals surface area contributed by atoms with Gasteiger partial charge in [-0.2, -0.15) is 0 Å². The Morgan fingerprint density at radius 1 is 1.45 bits per heavy atom. The molecule has 0 N–H and O–H groups in total. The number of carbonyl (C=O) groups is 1. The Morgan fingerprint density at radius 2 is 1.91 bits per heavy atom. The van der Waals surface area contributed by atoms with Crippen LogP contribution in [0.2, 0.25) is 0 Å². The van der Waals surface area contributed by atoms with E-state index in [4.69, 9.17) is 4.74 Å². The highest BCUT2D eigenvalue weighted by Gasteiger charge is 2.15. The van der Waals surface area contributed by atoms with Gasteiger partial charge < -0.3 is 4.74 Å². The molecule has 2 heteroatoms. The standard InChI is InChI=1S/C9H16O2/c1-7(2)6-8(10)11-9(3,4)5/h1,6H2,2-5H3. The third kappa shape index (κ3) is 7.10. The third-order valence-corrected chi connectivity index (χ3v) is 0.866. The molecule has 0 aromatic heterocycles. The van der Waals surface area contributed by atoms with Gasteiger partial charge in [0.05, 0.1) is 6.42 Å². The summed E-state index contributed by atoms with van der Waals surface area (Å²) in [7, 11) is 0. The molecular weight excluding hydrogens is 140 g/mol. The molecule has 64 valence electrons. The van der Waals surface area contributed by atoms with Crippen molar-refractivity contribution in [1.29, 1.82) is 0 Å². The Hall–Kier alpha value is -0.790. The highest BCUT2D eigenvalue weighted by molar-refractivity contribution is 5.72. The van der Waals surface area contributed by atoms with Crippen molar-refractivity contribution in [3.8, 4) is 0 Å². The summed E-state index contributed by atoms with van der Waals surface area (Å²) >= 11 is 0. The van der Waals surface area contributed by atoms with Gasteiger partial charge in [-0.05, 0) is 27.7 Å². The lowest BCUT2D eigenvalue weighted by atomic mass is 10.2. The van der Waals surface area contributed by atoms with Crippen molar-refractivity contribution in [2.45, 2.75) is 39.7 Å². The summed E-state index contributed by atoms with van der Waals surface area (Å²) in [5, 5.41) is 0. The fourth-order valence-corrected chi connectivity index (χ4v) is 0.624. The van der Waals surface area contributed by atoms with Crippen LogP contribution < -0.4 is 0 Å². The van der Waals surface area contributed by atoms with E-state index >= 15 is 0 Å². The molecule has 0 aliphatic heterocycles. The molecule has 11 heavy (non-hydrogen) atoms. The minimum absolute atomic E-state index is 0.204. The third-order valence-electron chi connectivity index (χ3n) is 0.866. The van der Waals surface area contributed by atoms with Crippen molar-refractivity contribution in [1.82, 2.24) is 0 Å². The Labute approximate surface area is 68.2 Å². The molecule has 0 unspecified atom stereocenters. The first kappa shape index (κ1) is 10.2. The normalized spacial score (nSPS) is 10.9. The van der Waals surface area contributed by atoms with E-state index in [0.717, 1.165) is 5.57 Å². The van der Waals surface area contributed by atoms with Crippen LogP contribution in [-0.2, 0) is 9.53 Å². The van der Waals surface area contributed by atoms with Gasteiger partial charge in [0, 0.05) is 0 Å². The number of hydrogen-bond donors (Lipinski definition) is 0. The lowest BCUT2D eigenvalue weighted by Crippen LogP contribution is -2.23. The molecular formula is C9H16O2. The van der Waals surface area contributed by atoms with Gasteiger partial charge in [-0.15, -0.1) is 0 Å². The average molecular weight is 156 g/mol. The number of rotatable bonds is 2. The largest absolute Gasteiger partial charge is 0.460 e. The number of ether oxygens (including phenoxy) is 1. The summed E-state index contributed by atoms with van der Waals surface area (Å²) in [5.74, 6) is -0.204. The zero-order chi connectivity index (χ0) is 9.07. The van der Waals surface area contributed by atoms with Crippen LogP contribution in [0.1, 0.15) is 34.1 Å². The Bertz CT molecular complexity index is 163. The zero-order valence-corrected chi connectivity index (χ0v) is 7.73. The smallest absolute Gasteiger partial charge is 0.310 e. The van der Waals surface area contributed by atoms with Gasteiger partial charge in [0.25, 0.3) is 0 Å². The summed E-state index contributed by atoms with van der Waals surface area (Å²) in [6.45, 7) is 11.0. The molecule has 0 atom stereocenters. The summed E-state index contributed by atoms with van der Waals surface area (Å²) in [6, 6.07) is 0. The Balaban J connectivity index is 3.80. The van der Waals surface area contributed by atoms with Gasteiger partial charge in [0.1, 0.15) is 5.60 Å². The first-order valence-electron chi connectivity index (χ1n) is 3.67. The minimum Gasteiger partial charge on any atom is -0.460 e. The first-order chi connectivity index (χ1) is 4.81. The summed E-state index contributed by atoms with van der Waals surface area (Å²) in [6.07, 6.45) is 0.317. The summed E-state index contributed by atoms with van der Waals surface area (Å²) in [5.41, 5.74) is 0.450. The fraction of sp³-hybridized carbons (Fsp3) is 0.667. The van der Waals surface area contributed by atoms with Gasteiger partial charge in [0.2, 0.25) is 0 Å². The fourth-order valence-electron chi connectivity index (χ4n) is 0.624. The van der Waals surface area contributed by atoms with E-state index < -0.39 is 0 Å². The van der Waals surface area contributed by atoms with E-state index in [2.05, 4.69) is 6.58 Å². The van der Waals surface area contributed by atoms with Crippen LogP contribution >= 0.6 is 0 Å². The van der Waals surface area contributed by atoms with Crippen molar-refractivity contribution >= 4 is 5.97 Å². The molecule has 0 saturated carbocycles. The van der Waals surface area contributed by atoms with Gasteiger partial charge in [-0.25, -0.2) is 0 Å². The molecule has 0 aromatic rings. The van der Waals surface area contributed by atoms with Crippen molar-refractivity contribution < 1.29 is 9.53 Å². The lowest BCUT2D eigenvalue weighted by molar-refractivity contribution is -0.153. The first-order valence-corrected chi connectivity index (χ1v) is 3.67. The summed E-state index contributed by atoms with van der Waals surface area (Å²) in [4.78, 5) is 11.0. The summed E-state index contributed by atoms with van der Waals surface area (Å²) < 4.78 is 5.05. The molecule has 0 saturated heterocycles. The second-order valence-electron chi connectivity index (χ2n) is 3.72. The molecule has 0 aromatic carbocycles. The maximum Gasteiger partial charge on any atom is 0.310 e. The van der Waals surface area contributed by atoms with E-state index in [1.54, 1.807) is 0 Å². The predicted molar refractivity (Wildman–Crippen MR) is 45.3 cm³/mol. The maximum absolute atomic E-state index is 11.0. The average Bonchev–Trinajstić information content (AvgIpc) is 1.53. The molecule has 0 fully saturated rings. The van der Waals surface area contributed by atoms with Gasteiger partial charge in [-0.3, -0.25) is 4.79 Å². The van der Waals surface area contributed by atoms with Crippen LogP contribution in [0.15, 0.2) is 12.2 Å². The van der Waals surface area contributed by atoms with Gasteiger partial charge in [-0.1, -0.05) is 12.2 Å². The van der Waals surface area contributed by atoms with E-state index in [1.807, 2.05) is 27.7 Å². The lowest BCUT2D eigenvalue weighted by Gasteiger charge is -2.19. The maximum atomic E-state index is 11.0. The molecule has 0 rings (SSSR count). The molecule has 0 heterocycles. The Kier molecular flexibility index (Phi) is 3.30. The van der Waals surface area contributed by atoms with Gasteiger partial charge in [0.15, 0.2) is 0 Å². The molecule has 0 spiro atoms. The predicted octanol–water partition coefficient (Wildman–Crippen LogP) is 2.29. The highest BCUT2D eigenvalue weighted by atomic mass is 16.6. The second kappa shape index (κ2) is 3.56. The highest BCUT2D eigenvalue weighted by Crippen LogP contribution is 2.09. The minimum atomic E-state index is -0.382. The van der Waals surface area contributed by atoms with E-state index in [-0.39, 0.29) is 11.6 Å². The molecule has 0 bridgehead atoms.